The van der Waals surface area contributed by atoms with Crippen LogP contribution in [0.2, 0.25) is 0 Å². The second-order valence-electron chi connectivity index (χ2n) is 4.79. The smallest absolute Gasteiger partial charge is 0.275 e. The van der Waals surface area contributed by atoms with Crippen molar-refractivity contribution in [2.45, 2.75) is 25.9 Å². The van der Waals surface area contributed by atoms with Gasteiger partial charge in [0.25, 0.3) is 5.91 Å². The molecule has 19 heavy (non-hydrogen) atoms. The first-order chi connectivity index (χ1) is 9.08. The van der Waals surface area contributed by atoms with E-state index in [0.29, 0.717) is 0 Å². The fourth-order valence-electron chi connectivity index (χ4n) is 2.00. The summed E-state index contributed by atoms with van der Waals surface area (Å²) in [6, 6.07) is 12.4. The minimum atomic E-state index is -0.284. The molecule has 0 radical (unpaired) electrons. The minimum Gasteiger partial charge on any atom is -0.365 e. The second kappa shape index (κ2) is 5.99. The van der Waals surface area contributed by atoms with E-state index in [-0.39, 0.29) is 18.0 Å². The molecule has 0 spiro atoms. The quantitative estimate of drug-likeness (QED) is 0.855. The predicted octanol–water partition coefficient (Wildman–Crippen LogP) is 1.58. The third-order valence-electron chi connectivity index (χ3n) is 3.22. The van der Waals surface area contributed by atoms with Crippen LogP contribution in [0.25, 0.3) is 0 Å². The number of carbonyl (C=O) groups is 1. The molecule has 4 heteroatoms. The van der Waals surface area contributed by atoms with Crippen molar-refractivity contribution in [3.05, 3.63) is 57.8 Å². The molecule has 0 aliphatic carbocycles. The van der Waals surface area contributed by atoms with Gasteiger partial charge in [0, 0.05) is 5.56 Å². The maximum absolute atomic E-state index is 11.3. The van der Waals surface area contributed by atoms with E-state index in [1.54, 1.807) is 11.3 Å². The van der Waals surface area contributed by atoms with E-state index >= 15 is 0 Å². The summed E-state index contributed by atoms with van der Waals surface area (Å²) < 4.78 is 0. The summed E-state index contributed by atoms with van der Waals surface area (Å²) in [6.07, 6.45) is 0. The Morgan fingerprint density at radius 2 is 1.95 bits per heavy atom. The Morgan fingerprint density at radius 3 is 2.47 bits per heavy atom. The molecular formula is C15H19N2OS+. The lowest BCUT2D eigenvalue weighted by molar-refractivity contribution is -0.704. The highest BCUT2D eigenvalue weighted by molar-refractivity contribution is 7.10. The van der Waals surface area contributed by atoms with Crippen LogP contribution in [0, 0.1) is 6.92 Å². The van der Waals surface area contributed by atoms with Crippen molar-refractivity contribution in [1.29, 1.82) is 0 Å². The van der Waals surface area contributed by atoms with Gasteiger partial charge in [-0.05, 0) is 25.3 Å². The molecule has 0 aliphatic heterocycles. The molecule has 0 saturated heterocycles. The fourth-order valence-corrected chi connectivity index (χ4v) is 2.83. The highest BCUT2D eigenvalue weighted by atomic mass is 32.1. The Morgan fingerprint density at radius 1 is 1.26 bits per heavy atom. The van der Waals surface area contributed by atoms with Crippen molar-refractivity contribution in [2.24, 2.45) is 5.73 Å². The number of carbonyl (C=O) groups excluding carboxylic acids is 1. The molecule has 4 N–H and O–H groups in total. The van der Waals surface area contributed by atoms with Crippen LogP contribution in [-0.4, -0.2) is 11.9 Å². The first-order valence-electron chi connectivity index (χ1n) is 6.32. The van der Waals surface area contributed by atoms with Gasteiger partial charge in [-0.1, -0.05) is 35.9 Å². The topological polar surface area (TPSA) is 59.7 Å². The normalized spacial score (nSPS) is 14.0. The van der Waals surface area contributed by atoms with Crippen LogP contribution in [0.4, 0.5) is 0 Å². The summed E-state index contributed by atoms with van der Waals surface area (Å²) in [5.41, 5.74) is 7.80. The zero-order valence-electron chi connectivity index (χ0n) is 11.2. The summed E-state index contributed by atoms with van der Waals surface area (Å²) in [5, 5.41) is 4.08. The lowest BCUT2D eigenvalue weighted by atomic mass is 10.0. The van der Waals surface area contributed by atoms with Crippen LogP contribution < -0.4 is 11.1 Å². The fraction of sp³-hybridized carbons (Fsp3) is 0.267. The van der Waals surface area contributed by atoms with E-state index in [1.165, 1.54) is 16.0 Å². The second-order valence-corrected chi connectivity index (χ2v) is 5.77. The molecule has 100 valence electrons. The Labute approximate surface area is 117 Å². The number of quaternary nitrogens is 1. The van der Waals surface area contributed by atoms with E-state index in [4.69, 9.17) is 5.73 Å². The van der Waals surface area contributed by atoms with Gasteiger partial charge >= 0.3 is 0 Å². The molecule has 0 aliphatic rings. The number of rotatable bonds is 5. The van der Waals surface area contributed by atoms with Gasteiger partial charge in [0.05, 0.1) is 4.88 Å². The molecule has 0 saturated carbocycles. The van der Waals surface area contributed by atoms with Gasteiger partial charge in [0.15, 0.2) is 6.04 Å². The van der Waals surface area contributed by atoms with Crippen molar-refractivity contribution in [3.63, 3.8) is 0 Å². The van der Waals surface area contributed by atoms with Crippen molar-refractivity contribution in [1.82, 2.24) is 0 Å². The average molecular weight is 275 g/mol. The number of hydrogen-bond donors (Lipinski definition) is 2. The molecule has 0 unspecified atom stereocenters. The Balaban J connectivity index is 2.29. The summed E-state index contributed by atoms with van der Waals surface area (Å²) in [4.78, 5) is 12.5. The van der Waals surface area contributed by atoms with E-state index < -0.39 is 0 Å². The Bertz CT molecular complexity index is 534. The van der Waals surface area contributed by atoms with Crippen LogP contribution in [0.3, 0.4) is 0 Å². The van der Waals surface area contributed by atoms with Crippen molar-refractivity contribution in [2.75, 3.05) is 0 Å². The highest BCUT2D eigenvalue weighted by Gasteiger charge is 2.23. The number of nitrogens with two attached hydrogens (primary N) is 2. The Hall–Kier alpha value is -1.65. The maximum Gasteiger partial charge on any atom is 0.275 e. The van der Waals surface area contributed by atoms with Gasteiger partial charge in [0.2, 0.25) is 0 Å². The molecule has 0 fully saturated rings. The summed E-state index contributed by atoms with van der Waals surface area (Å²) in [7, 11) is 0. The number of thiophene rings is 1. The zero-order chi connectivity index (χ0) is 13.8. The lowest BCUT2D eigenvalue weighted by Crippen LogP contribution is -2.92. The van der Waals surface area contributed by atoms with Crippen LogP contribution in [-0.2, 0) is 4.79 Å². The van der Waals surface area contributed by atoms with Gasteiger partial charge in [-0.3, -0.25) is 4.79 Å². The first kappa shape index (κ1) is 13.8. The van der Waals surface area contributed by atoms with Gasteiger partial charge in [-0.15, -0.1) is 11.3 Å². The molecule has 2 atom stereocenters. The molecule has 1 aromatic carbocycles. The first-order valence-corrected chi connectivity index (χ1v) is 7.20. The van der Waals surface area contributed by atoms with E-state index in [0.717, 1.165) is 0 Å². The Kier molecular flexibility index (Phi) is 4.35. The van der Waals surface area contributed by atoms with Crippen LogP contribution in [0.5, 0.6) is 0 Å². The van der Waals surface area contributed by atoms with Crippen LogP contribution in [0.1, 0.15) is 29.0 Å². The maximum atomic E-state index is 11.3. The van der Waals surface area contributed by atoms with Crippen LogP contribution >= 0.6 is 11.3 Å². The van der Waals surface area contributed by atoms with Gasteiger partial charge in [-0.25, -0.2) is 0 Å². The van der Waals surface area contributed by atoms with Crippen molar-refractivity contribution >= 4 is 17.2 Å². The van der Waals surface area contributed by atoms with Gasteiger partial charge in [-0.2, -0.15) is 0 Å². The molecule has 2 rings (SSSR count). The van der Waals surface area contributed by atoms with E-state index in [9.17, 15) is 4.79 Å². The molecule has 1 heterocycles. The SMILES string of the molecule is Cc1ccc([C@H]([NH2+][C@@H](C)C(N)=O)c2cccs2)cc1. The largest absolute Gasteiger partial charge is 0.365 e. The number of primary amides is 1. The molecule has 3 nitrogen and oxygen atoms in total. The molecule has 0 bridgehead atoms. The minimum absolute atomic E-state index is 0.128. The molecule has 1 amide bonds. The average Bonchev–Trinajstić information content (AvgIpc) is 2.90. The summed E-state index contributed by atoms with van der Waals surface area (Å²) in [6.45, 7) is 3.91. The third kappa shape index (κ3) is 3.43. The number of amides is 1. The zero-order valence-corrected chi connectivity index (χ0v) is 12.0. The molecule has 1 aromatic heterocycles. The van der Waals surface area contributed by atoms with Crippen molar-refractivity contribution < 1.29 is 10.1 Å². The van der Waals surface area contributed by atoms with Crippen LogP contribution in [0.15, 0.2) is 41.8 Å². The summed E-state index contributed by atoms with van der Waals surface area (Å²) >= 11 is 1.70. The van der Waals surface area contributed by atoms with Gasteiger partial charge < -0.3 is 11.1 Å². The standard InChI is InChI=1S/C15H18N2OS/c1-10-5-7-12(8-6-10)14(13-4-3-9-19-13)17-11(2)15(16)18/h3-9,11,14,17H,1-2H3,(H2,16,18)/p+1/t11-,14-/m0/s1. The molecule has 2 aromatic rings. The third-order valence-corrected chi connectivity index (χ3v) is 4.17. The van der Waals surface area contributed by atoms with Gasteiger partial charge in [0.1, 0.15) is 6.04 Å². The van der Waals surface area contributed by atoms with E-state index in [1.807, 2.05) is 18.3 Å². The van der Waals surface area contributed by atoms with Crippen molar-refractivity contribution in [3.8, 4) is 0 Å². The van der Waals surface area contributed by atoms with E-state index in [2.05, 4.69) is 42.6 Å². The molecular weight excluding hydrogens is 256 g/mol. The predicted molar refractivity (Wildman–Crippen MR) is 77.9 cm³/mol. The lowest BCUT2D eigenvalue weighted by Gasteiger charge is -2.18. The summed E-state index contributed by atoms with van der Waals surface area (Å²) in [5.74, 6) is -0.284. The highest BCUT2D eigenvalue weighted by Crippen LogP contribution is 2.23. The monoisotopic (exact) mass is 275 g/mol. The number of hydrogen-bond acceptors (Lipinski definition) is 2. The number of benzene rings is 1. The number of aryl methyl sites for hydroxylation is 1.